The number of rotatable bonds is 7. The van der Waals surface area contributed by atoms with Crippen LogP contribution >= 0.6 is 0 Å². The van der Waals surface area contributed by atoms with Crippen LogP contribution in [0.2, 0.25) is 0 Å². The fourth-order valence-corrected chi connectivity index (χ4v) is 3.13. The average molecular weight is 402 g/mol. The third-order valence-corrected chi connectivity index (χ3v) is 4.68. The number of carbonyl (C=O) groups is 2. The number of nitrogens with one attached hydrogen (secondary N) is 1. The normalized spacial score (nSPS) is 11.4. The molecule has 3 aromatic rings. The maximum atomic E-state index is 13.0. The Hall–Kier alpha value is -3.60. The zero-order chi connectivity index (χ0) is 21.5. The Morgan fingerprint density at radius 1 is 0.967 bits per heavy atom. The van der Waals surface area contributed by atoms with Crippen molar-refractivity contribution >= 4 is 23.2 Å². The van der Waals surface area contributed by atoms with Crippen molar-refractivity contribution in [3.8, 4) is 5.75 Å². The second kappa shape index (κ2) is 9.74. The molecule has 0 fully saturated rings. The maximum Gasteiger partial charge on any atom is 0.265 e. The molecule has 0 aliphatic heterocycles. The molecule has 5 heteroatoms. The molecule has 0 aliphatic carbocycles. The largest absolute Gasteiger partial charge is 0.481 e. The van der Waals surface area contributed by atoms with Gasteiger partial charge in [0.25, 0.3) is 11.8 Å². The molecule has 1 atom stereocenters. The van der Waals surface area contributed by atoms with Crippen molar-refractivity contribution in [1.29, 1.82) is 0 Å². The van der Waals surface area contributed by atoms with E-state index in [1.54, 1.807) is 36.1 Å². The van der Waals surface area contributed by atoms with Crippen LogP contribution in [0.3, 0.4) is 0 Å². The first-order valence-corrected chi connectivity index (χ1v) is 9.99. The third-order valence-electron chi connectivity index (χ3n) is 4.68. The minimum Gasteiger partial charge on any atom is -0.481 e. The minimum atomic E-state index is -0.678. The summed E-state index contributed by atoms with van der Waals surface area (Å²) in [5.41, 5.74) is 2.95. The number of aryl methyl sites for hydroxylation is 1. The van der Waals surface area contributed by atoms with Crippen molar-refractivity contribution < 1.29 is 14.3 Å². The zero-order valence-corrected chi connectivity index (χ0v) is 17.5. The van der Waals surface area contributed by atoms with Gasteiger partial charge >= 0.3 is 0 Å². The topological polar surface area (TPSA) is 58.6 Å². The van der Waals surface area contributed by atoms with E-state index in [1.165, 1.54) is 0 Å². The quantitative estimate of drug-likeness (QED) is 0.600. The molecule has 30 heavy (non-hydrogen) atoms. The van der Waals surface area contributed by atoms with Crippen molar-refractivity contribution in [2.75, 3.05) is 16.8 Å². The molecular formula is C25H26N2O3. The lowest BCUT2D eigenvalue weighted by Gasteiger charge is -2.21. The molecule has 1 N–H and O–H groups in total. The molecule has 0 aromatic heterocycles. The molecular weight excluding hydrogens is 376 g/mol. The molecule has 3 rings (SSSR count). The van der Waals surface area contributed by atoms with Crippen LogP contribution in [0.1, 0.15) is 29.8 Å². The van der Waals surface area contributed by atoms with Crippen molar-refractivity contribution in [3.63, 3.8) is 0 Å². The van der Waals surface area contributed by atoms with Gasteiger partial charge in [0.15, 0.2) is 6.10 Å². The Labute approximate surface area is 177 Å². The first-order chi connectivity index (χ1) is 14.5. The van der Waals surface area contributed by atoms with Gasteiger partial charge in [-0.2, -0.15) is 0 Å². The van der Waals surface area contributed by atoms with Crippen molar-refractivity contribution in [1.82, 2.24) is 0 Å². The number of hydrogen-bond acceptors (Lipinski definition) is 3. The Morgan fingerprint density at radius 3 is 2.40 bits per heavy atom. The minimum absolute atomic E-state index is 0.121. The summed E-state index contributed by atoms with van der Waals surface area (Å²) in [5.74, 6) is 0.239. The predicted octanol–water partition coefficient (Wildman–Crippen LogP) is 5.07. The van der Waals surface area contributed by atoms with Crippen molar-refractivity contribution in [3.05, 3.63) is 90.0 Å². The Balaban J connectivity index is 1.70. The fourth-order valence-electron chi connectivity index (χ4n) is 3.13. The molecule has 154 valence electrons. The molecule has 2 amide bonds. The lowest BCUT2D eigenvalue weighted by Crippen LogP contribution is -2.31. The fraction of sp³-hybridized carbons (Fsp3) is 0.200. The third kappa shape index (κ3) is 5.26. The molecule has 0 heterocycles. The zero-order valence-electron chi connectivity index (χ0n) is 17.5. The summed E-state index contributed by atoms with van der Waals surface area (Å²) in [6.45, 7) is 6.14. The second-order valence-electron chi connectivity index (χ2n) is 7.03. The lowest BCUT2D eigenvalue weighted by atomic mass is 10.1. The monoisotopic (exact) mass is 402 g/mol. The van der Waals surface area contributed by atoms with Crippen molar-refractivity contribution in [2.45, 2.75) is 26.9 Å². The summed E-state index contributed by atoms with van der Waals surface area (Å²) in [6, 6.07) is 24.0. The Kier molecular flexibility index (Phi) is 6.86. The van der Waals surface area contributed by atoms with Gasteiger partial charge in [0, 0.05) is 23.5 Å². The van der Waals surface area contributed by atoms with E-state index in [9.17, 15) is 9.59 Å². The van der Waals surface area contributed by atoms with Crippen LogP contribution in [0, 0.1) is 6.92 Å². The van der Waals surface area contributed by atoms with Gasteiger partial charge in [-0.15, -0.1) is 0 Å². The van der Waals surface area contributed by atoms with Gasteiger partial charge in [-0.05, 0) is 68.8 Å². The summed E-state index contributed by atoms with van der Waals surface area (Å²) < 4.78 is 5.73. The predicted molar refractivity (Wildman–Crippen MR) is 120 cm³/mol. The number of benzene rings is 3. The molecule has 0 spiro atoms. The summed E-state index contributed by atoms with van der Waals surface area (Å²) in [6.07, 6.45) is -0.678. The SMILES string of the molecule is CCN(C(=O)c1cccc(NC(=O)C(C)Oc2cccc(C)c2)c1)c1ccccc1. The van der Waals surface area contributed by atoms with E-state index in [1.807, 2.05) is 68.4 Å². The van der Waals surface area contributed by atoms with Gasteiger partial charge in [0.05, 0.1) is 0 Å². The molecule has 0 radical (unpaired) electrons. The van der Waals surface area contributed by atoms with E-state index in [2.05, 4.69) is 5.32 Å². The molecule has 1 unspecified atom stereocenters. The van der Waals surface area contributed by atoms with E-state index in [0.717, 1.165) is 11.3 Å². The number of ether oxygens (including phenoxy) is 1. The Morgan fingerprint density at radius 2 is 1.70 bits per heavy atom. The maximum absolute atomic E-state index is 13.0. The number of carbonyl (C=O) groups excluding carboxylic acids is 2. The summed E-state index contributed by atoms with van der Waals surface area (Å²) in [4.78, 5) is 27.3. The van der Waals surface area contributed by atoms with Crippen molar-refractivity contribution in [2.24, 2.45) is 0 Å². The van der Waals surface area contributed by atoms with Gasteiger partial charge in [-0.25, -0.2) is 0 Å². The lowest BCUT2D eigenvalue weighted by molar-refractivity contribution is -0.122. The number of amides is 2. The molecule has 5 nitrogen and oxygen atoms in total. The first kappa shape index (κ1) is 21.1. The van der Waals surface area contributed by atoms with E-state index in [-0.39, 0.29) is 11.8 Å². The first-order valence-electron chi connectivity index (χ1n) is 9.99. The highest BCUT2D eigenvalue weighted by molar-refractivity contribution is 6.07. The summed E-state index contributed by atoms with van der Waals surface area (Å²) >= 11 is 0. The van der Waals surface area contributed by atoms with Crippen LogP contribution in [0.25, 0.3) is 0 Å². The number of para-hydroxylation sites is 1. The Bertz CT molecular complexity index is 1020. The van der Waals surface area contributed by atoms with Crippen LogP contribution in [-0.4, -0.2) is 24.5 Å². The van der Waals surface area contributed by atoms with Gasteiger partial charge in [-0.1, -0.05) is 36.4 Å². The smallest absolute Gasteiger partial charge is 0.265 e. The van der Waals surface area contributed by atoms with E-state index in [4.69, 9.17) is 4.74 Å². The van der Waals surface area contributed by atoms with Crippen LogP contribution in [0.4, 0.5) is 11.4 Å². The number of anilines is 2. The number of nitrogens with zero attached hydrogens (tertiary/aromatic N) is 1. The van der Waals surface area contributed by atoms with Gasteiger partial charge in [0.2, 0.25) is 0 Å². The van der Waals surface area contributed by atoms with E-state index in [0.29, 0.717) is 23.5 Å². The van der Waals surface area contributed by atoms with Crippen LogP contribution in [0.15, 0.2) is 78.9 Å². The van der Waals surface area contributed by atoms with Crippen LogP contribution < -0.4 is 15.0 Å². The molecule has 0 saturated carbocycles. The van der Waals surface area contributed by atoms with Gasteiger partial charge in [0.1, 0.15) is 5.75 Å². The molecule has 0 aliphatic rings. The molecule has 3 aromatic carbocycles. The second-order valence-corrected chi connectivity index (χ2v) is 7.03. The van der Waals surface area contributed by atoms with Gasteiger partial charge in [-0.3, -0.25) is 9.59 Å². The highest BCUT2D eigenvalue weighted by atomic mass is 16.5. The van der Waals surface area contributed by atoms with E-state index >= 15 is 0 Å². The molecule has 0 saturated heterocycles. The standard InChI is InChI=1S/C25H26N2O3/c1-4-27(22-13-6-5-7-14-22)25(29)20-11-9-12-21(17-20)26-24(28)19(3)30-23-15-8-10-18(2)16-23/h5-17,19H,4H2,1-3H3,(H,26,28). The van der Waals surface area contributed by atoms with E-state index < -0.39 is 6.10 Å². The summed E-state index contributed by atoms with van der Waals surface area (Å²) in [7, 11) is 0. The number of hydrogen-bond donors (Lipinski definition) is 1. The highest BCUT2D eigenvalue weighted by Gasteiger charge is 2.18. The highest BCUT2D eigenvalue weighted by Crippen LogP contribution is 2.19. The van der Waals surface area contributed by atoms with Crippen LogP contribution in [0.5, 0.6) is 5.75 Å². The van der Waals surface area contributed by atoms with Crippen LogP contribution in [-0.2, 0) is 4.79 Å². The molecule has 0 bridgehead atoms. The summed E-state index contributed by atoms with van der Waals surface area (Å²) in [5, 5.41) is 2.83. The van der Waals surface area contributed by atoms with Gasteiger partial charge < -0.3 is 15.0 Å². The average Bonchev–Trinajstić information content (AvgIpc) is 2.75.